The van der Waals surface area contributed by atoms with Crippen LogP contribution < -0.4 is 4.90 Å². The molecule has 146 valence electrons. The van der Waals surface area contributed by atoms with Crippen molar-refractivity contribution < 1.29 is 13.2 Å². The minimum absolute atomic E-state index is 0.296. The number of piperidine rings is 1. The molecule has 1 aromatic heterocycles. The summed E-state index contributed by atoms with van der Waals surface area (Å²) in [7, 11) is -3.25. The molecule has 0 atom stereocenters. The highest BCUT2D eigenvalue weighted by atomic mass is 32.2. The van der Waals surface area contributed by atoms with Crippen LogP contribution in [0.5, 0.6) is 0 Å². The average Bonchev–Trinajstić information content (AvgIpc) is 2.67. The first-order chi connectivity index (χ1) is 12.9. The molecule has 2 aromatic rings. The zero-order valence-corrected chi connectivity index (χ0v) is 16.7. The molecule has 2 fully saturated rings. The quantitative estimate of drug-likeness (QED) is 0.789. The third-order valence-corrected chi connectivity index (χ3v) is 6.69. The summed E-state index contributed by atoms with van der Waals surface area (Å²) in [6.07, 6.45) is 3.40. The number of ether oxygens (including phenoxy) is 1. The molecule has 3 heterocycles. The number of hydrogen-bond donors (Lipinski definition) is 0. The molecule has 27 heavy (non-hydrogen) atoms. The maximum absolute atomic E-state index is 11.9. The fourth-order valence-electron chi connectivity index (χ4n) is 4.00. The summed E-state index contributed by atoms with van der Waals surface area (Å²) >= 11 is 0. The Morgan fingerprint density at radius 1 is 1.07 bits per heavy atom. The number of morpholine rings is 1. The van der Waals surface area contributed by atoms with Gasteiger partial charge in [0.1, 0.15) is 0 Å². The second kappa shape index (κ2) is 7.33. The lowest BCUT2D eigenvalue weighted by molar-refractivity contribution is 0.0114. The van der Waals surface area contributed by atoms with E-state index in [4.69, 9.17) is 4.74 Å². The van der Waals surface area contributed by atoms with Crippen molar-refractivity contribution in [1.29, 1.82) is 0 Å². The topological polar surface area (TPSA) is 75.6 Å². The van der Waals surface area contributed by atoms with Gasteiger partial charge in [0, 0.05) is 43.9 Å². The highest BCUT2D eigenvalue weighted by molar-refractivity contribution is 7.90. The molecule has 0 aliphatic carbocycles. The van der Waals surface area contributed by atoms with Crippen LogP contribution in [0.2, 0.25) is 0 Å². The largest absolute Gasteiger partial charge is 0.379 e. The Morgan fingerprint density at radius 3 is 2.44 bits per heavy atom. The van der Waals surface area contributed by atoms with E-state index in [2.05, 4.69) is 19.8 Å². The SMILES string of the molecule is Cc1nc(N2CCC(N3CCOCC3)CC2)nc2cc(S(C)(=O)=O)ccc12. The molecular formula is C19H26N4O3S. The van der Waals surface area contributed by atoms with E-state index < -0.39 is 9.84 Å². The summed E-state index contributed by atoms with van der Waals surface area (Å²) in [4.78, 5) is 14.4. The van der Waals surface area contributed by atoms with E-state index in [1.165, 1.54) is 6.26 Å². The van der Waals surface area contributed by atoms with Crippen LogP contribution >= 0.6 is 0 Å². The predicted octanol–water partition coefficient (Wildman–Crippen LogP) is 1.64. The van der Waals surface area contributed by atoms with Crippen molar-refractivity contribution in [2.45, 2.75) is 30.7 Å². The maximum atomic E-state index is 11.9. The van der Waals surface area contributed by atoms with E-state index in [0.717, 1.165) is 63.3 Å². The lowest BCUT2D eigenvalue weighted by Gasteiger charge is -2.40. The maximum Gasteiger partial charge on any atom is 0.226 e. The van der Waals surface area contributed by atoms with E-state index in [-0.39, 0.29) is 0 Å². The van der Waals surface area contributed by atoms with Crippen molar-refractivity contribution >= 4 is 26.7 Å². The van der Waals surface area contributed by atoms with Gasteiger partial charge in [-0.25, -0.2) is 18.4 Å². The normalized spacial score (nSPS) is 20.3. The van der Waals surface area contributed by atoms with Gasteiger partial charge < -0.3 is 9.64 Å². The molecule has 0 N–H and O–H groups in total. The Morgan fingerprint density at radius 2 is 1.78 bits per heavy atom. The van der Waals surface area contributed by atoms with E-state index in [1.54, 1.807) is 18.2 Å². The number of anilines is 1. The van der Waals surface area contributed by atoms with Crippen LogP contribution in [0.25, 0.3) is 10.9 Å². The number of aromatic nitrogens is 2. The van der Waals surface area contributed by atoms with Gasteiger partial charge in [0.25, 0.3) is 0 Å². The number of nitrogens with zero attached hydrogens (tertiary/aromatic N) is 4. The van der Waals surface area contributed by atoms with Crippen LogP contribution in [0.4, 0.5) is 5.95 Å². The third kappa shape index (κ3) is 3.93. The number of sulfone groups is 1. The highest BCUT2D eigenvalue weighted by Crippen LogP contribution is 2.25. The first kappa shape index (κ1) is 18.6. The Balaban J connectivity index is 1.55. The van der Waals surface area contributed by atoms with E-state index in [0.29, 0.717) is 22.4 Å². The van der Waals surface area contributed by atoms with Crippen molar-refractivity contribution in [3.05, 3.63) is 23.9 Å². The van der Waals surface area contributed by atoms with Crippen LogP contribution in [0.3, 0.4) is 0 Å². The molecule has 0 amide bonds. The first-order valence-electron chi connectivity index (χ1n) is 9.47. The molecule has 7 nitrogen and oxygen atoms in total. The minimum atomic E-state index is -3.25. The van der Waals surface area contributed by atoms with Crippen molar-refractivity contribution in [3.8, 4) is 0 Å². The molecule has 4 rings (SSSR count). The lowest BCUT2D eigenvalue weighted by atomic mass is 10.0. The number of rotatable bonds is 3. The van der Waals surface area contributed by atoms with Crippen molar-refractivity contribution in [2.75, 3.05) is 50.5 Å². The molecule has 0 radical (unpaired) electrons. The van der Waals surface area contributed by atoms with Crippen molar-refractivity contribution in [2.24, 2.45) is 0 Å². The lowest BCUT2D eigenvalue weighted by Crippen LogP contribution is -2.49. The summed E-state index contributed by atoms with van der Waals surface area (Å²) < 4.78 is 29.2. The molecule has 2 saturated heterocycles. The van der Waals surface area contributed by atoms with Crippen LogP contribution in [0.15, 0.2) is 23.1 Å². The molecule has 0 bridgehead atoms. The van der Waals surface area contributed by atoms with Crippen molar-refractivity contribution in [3.63, 3.8) is 0 Å². The summed E-state index contributed by atoms with van der Waals surface area (Å²) in [5, 5.41) is 0.898. The van der Waals surface area contributed by atoms with E-state index >= 15 is 0 Å². The Bertz CT molecular complexity index is 933. The standard InChI is InChI=1S/C19H26N4O3S/c1-14-17-4-3-16(27(2,24)25)13-18(17)21-19(20-14)23-7-5-15(6-8-23)22-9-11-26-12-10-22/h3-4,13,15H,5-12H2,1-2H3. The summed E-state index contributed by atoms with van der Waals surface area (Å²) in [6, 6.07) is 5.68. The molecule has 2 aliphatic heterocycles. The van der Waals surface area contributed by atoms with Crippen LogP contribution in [-0.4, -0.2) is 75.0 Å². The van der Waals surface area contributed by atoms with Gasteiger partial charge in [-0.1, -0.05) is 0 Å². The predicted molar refractivity (Wildman–Crippen MR) is 105 cm³/mol. The number of fused-ring (bicyclic) bond motifs is 1. The molecule has 2 aliphatic rings. The molecule has 0 saturated carbocycles. The van der Waals surface area contributed by atoms with Gasteiger partial charge in [-0.2, -0.15) is 0 Å². The van der Waals surface area contributed by atoms with Gasteiger partial charge in [-0.05, 0) is 38.0 Å². The zero-order valence-electron chi connectivity index (χ0n) is 15.9. The fourth-order valence-corrected chi connectivity index (χ4v) is 4.64. The minimum Gasteiger partial charge on any atom is -0.379 e. The zero-order chi connectivity index (χ0) is 19.0. The van der Waals surface area contributed by atoms with Crippen molar-refractivity contribution in [1.82, 2.24) is 14.9 Å². The van der Waals surface area contributed by atoms with Crippen LogP contribution in [0, 0.1) is 6.92 Å². The summed E-state index contributed by atoms with van der Waals surface area (Å²) in [5.41, 5.74) is 1.57. The van der Waals surface area contributed by atoms with E-state index in [9.17, 15) is 8.42 Å². The monoisotopic (exact) mass is 390 g/mol. The average molecular weight is 391 g/mol. The summed E-state index contributed by atoms with van der Waals surface area (Å²) in [5.74, 6) is 0.700. The second-order valence-electron chi connectivity index (χ2n) is 7.43. The highest BCUT2D eigenvalue weighted by Gasteiger charge is 2.27. The van der Waals surface area contributed by atoms with Crippen LogP contribution in [-0.2, 0) is 14.6 Å². The van der Waals surface area contributed by atoms with Gasteiger partial charge in [-0.3, -0.25) is 4.90 Å². The number of hydrogen-bond acceptors (Lipinski definition) is 7. The second-order valence-corrected chi connectivity index (χ2v) is 9.44. The Labute approximate surface area is 160 Å². The smallest absolute Gasteiger partial charge is 0.226 e. The van der Waals surface area contributed by atoms with Gasteiger partial charge in [0.2, 0.25) is 5.95 Å². The van der Waals surface area contributed by atoms with Gasteiger partial charge in [0.05, 0.1) is 29.3 Å². The molecule has 0 spiro atoms. The number of benzene rings is 1. The Kier molecular flexibility index (Phi) is 5.05. The third-order valence-electron chi connectivity index (χ3n) is 5.58. The molecular weight excluding hydrogens is 364 g/mol. The first-order valence-corrected chi connectivity index (χ1v) is 11.4. The Hall–Kier alpha value is -1.77. The molecule has 0 unspecified atom stereocenters. The molecule has 8 heteroatoms. The summed E-state index contributed by atoms with van der Waals surface area (Å²) in [6.45, 7) is 7.48. The number of aryl methyl sites for hydroxylation is 1. The van der Waals surface area contributed by atoms with Gasteiger partial charge in [-0.15, -0.1) is 0 Å². The van der Waals surface area contributed by atoms with Gasteiger partial charge in [0.15, 0.2) is 9.84 Å². The van der Waals surface area contributed by atoms with E-state index in [1.807, 2.05) is 6.92 Å². The van der Waals surface area contributed by atoms with Crippen LogP contribution in [0.1, 0.15) is 18.5 Å². The molecule has 1 aromatic carbocycles. The van der Waals surface area contributed by atoms with Gasteiger partial charge >= 0.3 is 0 Å². The fraction of sp³-hybridized carbons (Fsp3) is 0.579.